The zero-order chi connectivity index (χ0) is 10.3. The molecular weight excluding hydrogens is 164 g/mol. The molecule has 3 nitrogen and oxygen atoms in total. The summed E-state index contributed by atoms with van der Waals surface area (Å²) in [7, 11) is 3.26. The standard InChI is InChI=1S/C10H16N2O/c1-5-8(6-2)10(12-4)9(7-13)11-3/h5,7H,6H2,1-4H3/b8-5+,11-9?,12-10?. The van der Waals surface area contributed by atoms with Gasteiger partial charge >= 0.3 is 0 Å². The van der Waals surface area contributed by atoms with Crippen LogP contribution in [0.15, 0.2) is 21.6 Å². The first-order valence-electron chi connectivity index (χ1n) is 4.29. The van der Waals surface area contributed by atoms with Crippen LogP contribution in [0.1, 0.15) is 20.3 Å². The Kier molecular flexibility index (Phi) is 5.68. The molecule has 0 unspecified atom stereocenters. The highest BCUT2D eigenvalue weighted by Crippen LogP contribution is 2.04. The minimum Gasteiger partial charge on any atom is -0.296 e. The van der Waals surface area contributed by atoms with Crippen LogP contribution in [0.2, 0.25) is 0 Å². The lowest BCUT2D eigenvalue weighted by Gasteiger charge is -2.05. The second-order valence-electron chi connectivity index (χ2n) is 2.47. The van der Waals surface area contributed by atoms with Gasteiger partial charge in [0.2, 0.25) is 0 Å². The van der Waals surface area contributed by atoms with E-state index in [0.717, 1.165) is 18.3 Å². The van der Waals surface area contributed by atoms with Gasteiger partial charge in [-0.25, -0.2) is 0 Å². The number of carbonyl (C=O) groups is 1. The Labute approximate surface area is 79.3 Å². The number of nitrogens with zero attached hydrogens (tertiary/aromatic N) is 2. The van der Waals surface area contributed by atoms with Gasteiger partial charge in [-0.05, 0) is 18.9 Å². The smallest absolute Gasteiger partial charge is 0.170 e. The topological polar surface area (TPSA) is 41.8 Å². The zero-order valence-electron chi connectivity index (χ0n) is 8.66. The highest BCUT2D eigenvalue weighted by atomic mass is 16.1. The second kappa shape index (κ2) is 6.29. The van der Waals surface area contributed by atoms with Crippen LogP contribution in [0, 0.1) is 0 Å². The second-order valence-corrected chi connectivity index (χ2v) is 2.47. The third-order valence-electron chi connectivity index (χ3n) is 1.85. The van der Waals surface area contributed by atoms with E-state index in [1.54, 1.807) is 14.1 Å². The van der Waals surface area contributed by atoms with E-state index in [-0.39, 0.29) is 0 Å². The summed E-state index contributed by atoms with van der Waals surface area (Å²) in [4.78, 5) is 18.6. The van der Waals surface area contributed by atoms with Crippen molar-refractivity contribution < 1.29 is 4.79 Å². The molecule has 0 radical (unpaired) electrons. The molecule has 0 aliphatic heterocycles. The summed E-state index contributed by atoms with van der Waals surface area (Å²) in [5.74, 6) is 0. The summed E-state index contributed by atoms with van der Waals surface area (Å²) in [5, 5.41) is 0. The van der Waals surface area contributed by atoms with Gasteiger partial charge in [0.05, 0.1) is 5.71 Å². The van der Waals surface area contributed by atoms with Crippen molar-refractivity contribution in [1.82, 2.24) is 0 Å². The molecule has 0 aromatic heterocycles. The van der Waals surface area contributed by atoms with Crippen LogP contribution in [-0.4, -0.2) is 31.8 Å². The van der Waals surface area contributed by atoms with Crippen molar-refractivity contribution in [2.75, 3.05) is 14.1 Å². The molecule has 0 aromatic carbocycles. The van der Waals surface area contributed by atoms with E-state index in [0.29, 0.717) is 11.4 Å². The molecular formula is C10H16N2O. The Hall–Kier alpha value is -1.25. The normalized spacial score (nSPS) is 14.6. The van der Waals surface area contributed by atoms with Crippen molar-refractivity contribution in [2.45, 2.75) is 20.3 Å². The minimum atomic E-state index is 0.414. The molecule has 3 heteroatoms. The van der Waals surface area contributed by atoms with E-state index in [2.05, 4.69) is 9.98 Å². The molecule has 0 rings (SSSR count). The van der Waals surface area contributed by atoms with E-state index in [1.165, 1.54) is 0 Å². The first-order valence-corrected chi connectivity index (χ1v) is 4.29. The predicted molar refractivity (Wildman–Crippen MR) is 56.8 cm³/mol. The first-order chi connectivity index (χ1) is 6.24. The third kappa shape index (κ3) is 2.93. The van der Waals surface area contributed by atoms with Crippen molar-refractivity contribution in [3.05, 3.63) is 11.6 Å². The van der Waals surface area contributed by atoms with E-state index in [9.17, 15) is 4.79 Å². The number of allylic oxidation sites excluding steroid dienone is 2. The SMILES string of the molecule is C/C=C(\CC)C(=NC)C(C=O)=NC. The van der Waals surface area contributed by atoms with Crippen molar-refractivity contribution >= 4 is 17.7 Å². The average Bonchev–Trinajstić information content (AvgIpc) is 2.18. The molecule has 0 spiro atoms. The highest BCUT2D eigenvalue weighted by Gasteiger charge is 2.09. The van der Waals surface area contributed by atoms with Gasteiger partial charge in [0, 0.05) is 14.1 Å². The van der Waals surface area contributed by atoms with Crippen molar-refractivity contribution in [3.63, 3.8) is 0 Å². The fourth-order valence-corrected chi connectivity index (χ4v) is 1.15. The van der Waals surface area contributed by atoms with Crippen LogP contribution in [0.25, 0.3) is 0 Å². The molecule has 0 heterocycles. The molecule has 0 amide bonds. The van der Waals surface area contributed by atoms with Gasteiger partial charge in [0.1, 0.15) is 5.71 Å². The summed E-state index contributed by atoms with van der Waals surface area (Å²) in [6.07, 6.45) is 3.55. The minimum absolute atomic E-state index is 0.414. The number of hydrogen-bond donors (Lipinski definition) is 0. The molecule has 0 aliphatic carbocycles. The average molecular weight is 180 g/mol. The van der Waals surface area contributed by atoms with Crippen LogP contribution < -0.4 is 0 Å². The van der Waals surface area contributed by atoms with Crippen molar-refractivity contribution in [2.24, 2.45) is 9.98 Å². The number of hydrogen-bond acceptors (Lipinski definition) is 3. The summed E-state index contributed by atoms with van der Waals surface area (Å²) in [6, 6.07) is 0. The Morgan fingerprint density at radius 2 is 1.92 bits per heavy atom. The van der Waals surface area contributed by atoms with Gasteiger partial charge in [0.25, 0.3) is 0 Å². The maximum Gasteiger partial charge on any atom is 0.170 e. The summed E-state index contributed by atoms with van der Waals surface area (Å²) in [5.41, 5.74) is 2.16. The van der Waals surface area contributed by atoms with Crippen LogP contribution in [0.4, 0.5) is 0 Å². The van der Waals surface area contributed by atoms with Crippen LogP contribution in [-0.2, 0) is 4.79 Å². The Balaban J connectivity index is 5.03. The number of carbonyl (C=O) groups excluding carboxylic acids is 1. The largest absolute Gasteiger partial charge is 0.296 e. The van der Waals surface area contributed by atoms with Gasteiger partial charge in [-0.1, -0.05) is 13.0 Å². The molecule has 0 aromatic rings. The number of rotatable bonds is 4. The monoisotopic (exact) mass is 180 g/mol. The van der Waals surface area contributed by atoms with Crippen molar-refractivity contribution in [1.29, 1.82) is 0 Å². The Bertz CT molecular complexity index is 262. The maximum atomic E-state index is 10.6. The van der Waals surface area contributed by atoms with Crippen LogP contribution >= 0.6 is 0 Å². The van der Waals surface area contributed by atoms with Gasteiger partial charge in [-0.15, -0.1) is 0 Å². The lowest BCUT2D eigenvalue weighted by Crippen LogP contribution is -2.17. The maximum absolute atomic E-state index is 10.6. The highest BCUT2D eigenvalue weighted by molar-refractivity contribution is 6.65. The van der Waals surface area contributed by atoms with Gasteiger partial charge in [0.15, 0.2) is 6.29 Å². The van der Waals surface area contributed by atoms with E-state index >= 15 is 0 Å². The third-order valence-corrected chi connectivity index (χ3v) is 1.85. The van der Waals surface area contributed by atoms with Crippen LogP contribution in [0.3, 0.4) is 0 Å². The molecule has 0 atom stereocenters. The predicted octanol–water partition coefficient (Wildman–Crippen LogP) is 1.68. The van der Waals surface area contributed by atoms with Crippen molar-refractivity contribution in [3.8, 4) is 0 Å². The molecule has 0 saturated carbocycles. The lowest BCUT2D eigenvalue weighted by atomic mass is 10.0. The fourth-order valence-electron chi connectivity index (χ4n) is 1.15. The quantitative estimate of drug-likeness (QED) is 0.479. The lowest BCUT2D eigenvalue weighted by molar-refractivity contribution is -0.102. The molecule has 0 saturated heterocycles. The molecule has 72 valence electrons. The Morgan fingerprint density at radius 1 is 1.31 bits per heavy atom. The van der Waals surface area contributed by atoms with Crippen LogP contribution in [0.5, 0.6) is 0 Å². The zero-order valence-corrected chi connectivity index (χ0v) is 8.66. The fraction of sp³-hybridized carbons (Fsp3) is 0.500. The summed E-state index contributed by atoms with van der Waals surface area (Å²) < 4.78 is 0. The number of aldehydes is 1. The molecule has 0 bridgehead atoms. The van der Waals surface area contributed by atoms with E-state index < -0.39 is 0 Å². The molecule has 13 heavy (non-hydrogen) atoms. The first kappa shape index (κ1) is 11.8. The number of aliphatic imine (C=N–C) groups is 2. The van der Waals surface area contributed by atoms with Gasteiger partial charge in [-0.3, -0.25) is 14.8 Å². The van der Waals surface area contributed by atoms with E-state index in [1.807, 2.05) is 19.9 Å². The molecule has 0 aliphatic rings. The van der Waals surface area contributed by atoms with E-state index in [4.69, 9.17) is 0 Å². The molecule has 0 N–H and O–H groups in total. The Morgan fingerprint density at radius 3 is 2.15 bits per heavy atom. The van der Waals surface area contributed by atoms with Gasteiger partial charge in [-0.2, -0.15) is 0 Å². The van der Waals surface area contributed by atoms with Gasteiger partial charge < -0.3 is 0 Å². The summed E-state index contributed by atoms with van der Waals surface area (Å²) in [6.45, 7) is 3.96. The summed E-state index contributed by atoms with van der Waals surface area (Å²) >= 11 is 0. The molecule has 0 fully saturated rings.